The van der Waals surface area contributed by atoms with Crippen LogP contribution in [0.1, 0.15) is 94.6 Å². The summed E-state index contributed by atoms with van der Waals surface area (Å²) in [4.78, 5) is 64.1. The van der Waals surface area contributed by atoms with Crippen molar-refractivity contribution in [2.24, 2.45) is 0 Å². The van der Waals surface area contributed by atoms with E-state index in [4.69, 9.17) is 23.2 Å². The molecule has 0 fully saturated rings. The quantitative estimate of drug-likeness (QED) is 0.0412. The van der Waals surface area contributed by atoms with Crippen molar-refractivity contribution in [3.05, 3.63) is 377 Å². The first-order chi connectivity index (χ1) is 63.7. The maximum Gasteiger partial charge on any atom is 0.416 e. The minimum absolute atomic E-state index is 0.0194. The van der Waals surface area contributed by atoms with Crippen LogP contribution < -0.4 is 0 Å². The molecule has 134 heavy (non-hydrogen) atoms. The van der Waals surface area contributed by atoms with E-state index in [9.17, 15) is 113 Å². The molecule has 50 heteroatoms. The molecule has 12 aromatic carbocycles. The number of hydrogen-bond donors (Lipinski definition) is 0. The number of halogens is 14. The predicted molar refractivity (Wildman–Crippen MR) is 445 cm³/mol. The minimum atomic E-state index is -4.48. The van der Waals surface area contributed by atoms with Crippen LogP contribution in [0.3, 0.4) is 0 Å². The van der Waals surface area contributed by atoms with Crippen molar-refractivity contribution < 1.29 is 110 Å². The number of nitrogens with zero attached hydrogens (tertiary/aromatic N) is 18. The number of benzene rings is 12. The van der Waals surface area contributed by atoms with Crippen molar-refractivity contribution in [1.29, 1.82) is 0 Å². The summed E-state index contributed by atoms with van der Waals surface area (Å²) in [5.74, 6) is -1.69. The molecule has 0 N–H and O–H groups in total. The molecule has 0 aliphatic heterocycles. The maximum atomic E-state index is 13.9. The molecule has 18 rings (SSSR count). The van der Waals surface area contributed by atoms with Gasteiger partial charge in [-0.05, 0) is 261 Å². The Morgan fingerprint density at radius 1 is 0.306 bits per heavy atom. The average molecular weight is 1900 g/mol. The molecule has 0 spiro atoms. The fourth-order valence-corrected chi connectivity index (χ4v) is 14.3. The molecule has 684 valence electrons. The van der Waals surface area contributed by atoms with Crippen molar-refractivity contribution in [2.45, 2.75) is 77.3 Å². The first-order valence-corrected chi connectivity index (χ1v) is 38.9. The van der Waals surface area contributed by atoms with E-state index in [0.29, 0.717) is 55.9 Å². The predicted octanol–water partition coefficient (Wildman–Crippen LogP) is 21.9. The third-order valence-electron chi connectivity index (χ3n) is 19.9. The van der Waals surface area contributed by atoms with Crippen molar-refractivity contribution in [1.82, 2.24) is 61.9 Å². The van der Waals surface area contributed by atoms with Gasteiger partial charge in [0.2, 0.25) is 33.1 Å². The minimum Gasteiger partial charge on any atom is -0.258 e. The second kappa shape index (κ2) is 40.0. The Bertz CT molecular complexity index is 7540. The topological polar surface area (TPSA) is 492 Å². The fourth-order valence-electron chi connectivity index (χ4n) is 13.9. The van der Waals surface area contributed by atoms with E-state index >= 15 is 0 Å². The summed E-state index contributed by atoms with van der Waals surface area (Å²) in [6.45, 7) is 2.90. The van der Waals surface area contributed by atoms with Crippen LogP contribution in [-0.2, 0) is 63.5 Å². The highest BCUT2D eigenvalue weighted by Crippen LogP contribution is 2.40. The Morgan fingerprint density at radius 2 is 0.649 bits per heavy atom. The molecule has 0 saturated carbocycles. The van der Waals surface area contributed by atoms with Crippen molar-refractivity contribution in [3.8, 4) is 0 Å². The zero-order valence-corrected chi connectivity index (χ0v) is 69.1. The number of aromatic nitrogens is 12. The van der Waals surface area contributed by atoms with Gasteiger partial charge in [-0.15, -0.1) is 0 Å². The second-order valence-corrected chi connectivity index (χ2v) is 29.6. The van der Waals surface area contributed by atoms with Crippen molar-refractivity contribution in [2.75, 3.05) is 0 Å². The molecule has 0 radical (unpaired) electrons. The first kappa shape index (κ1) is 94.8. The Labute approximate surface area is 746 Å². The van der Waals surface area contributed by atoms with Crippen LogP contribution in [0.2, 0.25) is 10.0 Å². The summed E-state index contributed by atoms with van der Waals surface area (Å²) in [5, 5.41) is 111. The van der Waals surface area contributed by atoms with Gasteiger partial charge in [-0.25, -0.2) is 40.9 Å². The average Bonchev–Trinajstić information content (AvgIpc) is 1.56. The number of aryl methyl sites for hydroxylation is 4. The summed E-state index contributed by atoms with van der Waals surface area (Å²) in [7, 11) is 0. The van der Waals surface area contributed by atoms with E-state index in [1.807, 2.05) is 6.07 Å². The molecule has 0 unspecified atom stereocenters. The van der Waals surface area contributed by atoms with Crippen LogP contribution >= 0.6 is 23.2 Å². The van der Waals surface area contributed by atoms with Gasteiger partial charge in [-0.3, -0.25) is 60.7 Å². The van der Waals surface area contributed by atoms with E-state index < -0.39 is 82.2 Å². The van der Waals surface area contributed by atoms with E-state index in [1.165, 1.54) is 111 Å². The standard InChI is InChI=1S/2C15H10F3N3O3.C14H8F3N3O3.C14H9F2N3O3.C13H7ClFN3O3.C13H8ClN3O3/c1-8-4-9(7-11(5-8)15(16,17)18)6-10-2-3-12-13(20-24-19-12)14(10)21(22)23;1-8-2-3-9(7-11(8)15(16,17)18)6-10-4-5-12-13(20-24-19-12)14(10)21(22)23;15-14(16,17)10-3-1-2-8(7-10)6-9-4-5-11-12(19-23-18-11)13(9)20(21)22;15-10-4-5-11(16)9(7-10)2-1-8-3-6-12-13(18-22-17-12)14(8)19(20)21;14-9-3-1-2-7(11(9)15)6-8-4-5-10-12(17-21-16-10)13(8)18(19)20;14-10-3-1-2-8(7-10)6-9-4-5-11-12(16-20-15-11)13(9)17(18)19/h2*2-5,7H,6H2,1H3;1-5,7H,6H2;3-7H,1-2H2;1-5H,6H2;1-5,7H,6H2. The number of hydrogen-bond acceptors (Lipinski definition) is 30. The number of alkyl halides is 9. The van der Waals surface area contributed by atoms with Gasteiger partial charge in [0.15, 0.2) is 0 Å². The summed E-state index contributed by atoms with van der Waals surface area (Å²) in [6.07, 6.45) is -12.8. The van der Waals surface area contributed by atoms with Crippen molar-refractivity contribution in [3.63, 3.8) is 0 Å². The van der Waals surface area contributed by atoms with Crippen LogP contribution in [0.5, 0.6) is 0 Å². The number of fused-ring (bicyclic) bond motifs is 6. The third-order valence-corrected chi connectivity index (χ3v) is 20.4. The molecule has 0 aliphatic rings. The Kier molecular flexibility index (Phi) is 28.3. The highest BCUT2D eigenvalue weighted by molar-refractivity contribution is 6.31. The molecule has 36 nitrogen and oxygen atoms in total. The van der Waals surface area contributed by atoms with Gasteiger partial charge in [-0.2, -0.15) is 39.5 Å². The molecule has 0 aliphatic carbocycles. The zero-order chi connectivity index (χ0) is 96.4. The third kappa shape index (κ3) is 22.2. The van der Waals surface area contributed by atoms with Gasteiger partial charge < -0.3 is 0 Å². The SMILES string of the molecule is Cc1cc(Cc2ccc3nonc3c2[N+](=O)[O-])cc(C(F)(F)F)c1.Cc1ccc(Cc2ccc3nonc3c2[N+](=O)[O-])cc1C(F)(F)F.O=[N+]([O-])c1c(CCc2cc(F)ccc2F)ccc2nonc12.O=[N+]([O-])c1c(Cc2cccc(C(F)(F)F)c2)ccc2nonc12.O=[N+]([O-])c1c(Cc2cccc(Cl)c2)ccc2nonc12.O=[N+]([O-])c1c(Cc2cccc(Cl)c2F)ccc2nonc12. The number of nitro benzene ring substituents is 6. The van der Waals surface area contributed by atoms with Crippen LogP contribution in [0, 0.1) is 92.0 Å². The highest BCUT2D eigenvalue weighted by Gasteiger charge is 2.36. The maximum absolute atomic E-state index is 13.9. The second-order valence-electron chi connectivity index (χ2n) is 28.8. The van der Waals surface area contributed by atoms with Crippen LogP contribution in [-0.4, -0.2) is 91.4 Å². The van der Waals surface area contributed by atoms with Gasteiger partial charge in [-0.1, -0.05) is 89.4 Å². The van der Waals surface area contributed by atoms with Gasteiger partial charge in [0.25, 0.3) is 0 Å². The smallest absolute Gasteiger partial charge is 0.258 e. The zero-order valence-electron chi connectivity index (χ0n) is 67.6. The van der Waals surface area contributed by atoms with Gasteiger partial charge >= 0.3 is 52.7 Å². The molecule has 6 heterocycles. The molecule has 0 bridgehead atoms. The van der Waals surface area contributed by atoms with Crippen molar-refractivity contribution >= 4 is 124 Å². The highest BCUT2D eigenvalue weighted by atomic mass is 35.5. The molecular formula is C84H52Cl2F12N18O18. The Balaban J connectivity index is 0.000000136. The van der Waals surface area contributed by atoms with Gasteiger partial charge in [0, 0.05) is 70.5 Å². The Hall–Kier alpha value is -16.8. The van der Waals surface area contributed by atoms with E-state index in [0.717, 1.165) is 54.1 Å². The van der Waals surface area contributed by atoms with E-state index in [-0.39, 0.29) is 172 Å². The lowest BCUT2D eigenvalue weighted by Gasteiger charge is -2.12. The summed E-state index contributed by atoms with van der Waals surface area (Å²) in [6, 6.07) is 45.1. The number of rotatable bonds is 19. The van der Waals surface area contributed by atoms with Gasteiger partial charge in [0.1, 0.15) is 50.6 Å². The Morgan fingerprint density at radius 3 is 1.04 bits per heavy atom. The van der Waals surface area contributed by atoms with Crippen LogP contribution in [0.15, 0.2) is 222 Å². The normalized spacial score (nSPS) is 11.4. The lowest BCUT2D eigenvalue weighted by Crippen LogP contribution is -2.08. The lowest BCUT2D eigenvalue weighted by atomic mass is 9.98. The first-order valence-electron chi connectivity index (χ1n) is 38.1. The molecule has 6 aromatic heterocycles. The summed E-state index contributed by atoms with van der Waals surface area (Å²) in [5.41, 5.74) is 2.55. The largest absolute Gasteiger partial charge is 0.416 e. The van der Waals surface area contributed by atoms with Crippen LogP contribution in [0.4, 0.5) is 86.8 Å². The molecular weight excluding hydrogens is 1850 g/mol. The van der Waals surface area contributed by atoms with Crippen LogP contribution in [0.25, 0.3) is 66.2 Å². The molecule has 0 atom stereocenters. The monoisotopic (exact) mass is 1900 g/mol. The molecule has 18 aromatic rings. The number of nitro groups is 6. The van der Waals surface area contributed by atoms with E-state index in [1.54, 1.807) is 42.5 Å². The molecule has 0 saturated heterocycles. The fraction of sp³-hybridized carbons (Fsp3) is 0.143. The van der Waals surface area contributed by atoms with Gasteiger partial charge in [0.05, 0.1) is 51.3 Å². The summed E-state index contributed by atoms with van der Waals surface area (Å²) < 4.78 is 184. The lowest BCUT2D eigenvalue weighted by molar-refractivity contribution is -0.384. The van der Waals surface area contributed by atoms with E-state index in [2.05, 4.69) is 89.7 Å². The summed E-state index contributed by atoms with van der Waals surface area (Å²) >= 11 is 11.6. The molecule has 0 amide bonds.